The zero-order valence-corrected chi connectivity index (χ0v) is 10.1. The highest BCUT2D eigenvalue weighted by atomic mass is 32.2. The maximum absolute atomic E-state index is 10.5. The molecule has 2 heterocycles. The summed E-state index contributed by atoms with van der Waals surface area (Å²) in [4.78, 5) is 10.5. The minimum absolute atomic E-state index is 0.0275. The Morgan fingerprint density at radius 3 is 3.24 bits per heavy atom. The van der Waals surface area contributed by atoms with Crippen molar-refractivity contribution in [2.75, 3.05) is 12.4 Å². The van der Waals surface area contributed by atoms with E-state index in [2.05, 4.69) is 15.5 Å². The molecule has 1 aromatic rings. The predicted octanol–water partition coefficient (Wildman–Crippen LogP) is 0.419. The van der Waals surface area contributed by atoms with E-state index in [9.17, 15) is 4.79 Å². The van der Waals surface area contributed by atoms with Crippen molar-refractivity contribution in [1.29, 1.82) is 0 Å². The molecule has 1 unspecified atom stereocenters. The van der Waals surface area contributed by atoms with Crippen molar-refractivity contribution in [2.45, 2.75) is 37.1 Å². The number of aliphatic carboxylic acids is 1. The lowest BCUT2D eigenvalue weighted by Crippen LogP contribution is -2.12. The van der Waals surface area contributed by atoms with Gasteiger partial charge >= 0.3 is 5.97 Å². The number of rotatable bonds is 6. The molecule has 1 saturated heterocycles. The normalized spacial score (nSPS) is 19.6. The lowest BCUT2D eigenvalue weighted by Gasteiger charge is -2.09. The maximum atomic E-state index is 10.5. The number of nitrogens with zero attached hydrogens (tertiary/aromatic N) is 4. The monoisotopic (exact) mass is 258 g/mol. The molecule has 1 fully saturated rings. The summed E-state index contributed by atoms with van der Waals surface area (Å²) in [5, 5.41) is 20.3. The topological polar surface area (TPSA) is 90.1 Å². The van der Waals surface area contributed by atoms with Crippen LogP contribution in [0.25, 0.3) is 0 Å². The fourth-order valence-corrected chi connectivity index (χ4v) is 2.33. The minimum atomic E-state index is -0.872. The van der Waals surface area contributed by atoms with Gasteiger partial charge in [0, 0.05) is 13.2 Å². The second-order valence-electron chi connectivity index (χ2n) is 3.79. The van der Waals surface area contributed by atoms with Gasteiger partial charge in [-0.05, 0) is 29.7 Å². The second kappa shape index (κ2) is 5.97. The highest BCUT2D eigenvalue weighted by molar-refractivity contribution is 7.99. The summed E-state index contributed by atoms with van der Waals surface area (Å²) in [7, 11) is 0. The van der Waals surface area contributed by atoms with Gasteiger partial charge in [0.15, 0.2) is 0 Å². The molecule has 17 heavy (non-hydrogen) atoms. The summed E-state index contributed by atoms with van der Waals surface area (Å²) in [6.45, 7) is 1.50. The summed E-state index contributed by atoms with van der Waals surface area (Å²) in [5.74, 6) is -0.899. The molecule has 1 atom stereocenters. The number of carboxylic acids is 1. The fraction of sp³-hybridized carbons (Fsp3) is 0.778. The first-order valence-electron chi connectivity index (χ1n) is 5.48. The summed E-state index contributed by atoms with van der Waals surface area (Å²) in [5.41, 5.74) is 0. The molecule has 1 aliphatic rings. The zero-order valence-electron chi connectivity index (χ0n) is 9.28. The quantitative estimate of drug-likeness (QED) is 0.739. The van der Waals surface area contributed by atoms with Gasteiger partial charge in [-0.1, -0.05) is 11.8 Å². The third-order valence-electron chi connectivity index (χ3n) is 2.51. The van der Waals surface area contributed by atoms with E-state index in [1.54, 1.807) is 4.68 Å². The van der Waals surface area contributed by atoms with E-state index in [1.807, 2.05) is 0 Å². The van der Waals surface area contributed by atoms with Gasteiger partial charge in [-0.2, -0.15) is 0 Å². The molecule has 0 amide bonds. The lowest BCUT2D eigenvalue weighted by molar-refractivity contribution is -0.133. The molecule has 1 aliphatic heterocycles. The van der Waals surface area contributed by atoms with Gasteiger partial charge in [0.25, 0.3) is 0 Å². The second-order valence-corrected chi connectivity index (χ2v) is 4.73. The SMILES string of the molecule is O=C(O)CSc1nnnn1CCC1CCCO1. The van der Waals surface area contributed by atoms with Crippen LogP contribution in [0.2, 0.25) is 0 Å². The van der Waals surface area contributed by atoms with Gasteiger partial charge in [0.1, 0.15) is 0 Å². The van der Waals surface area contributed by atoms with Crippen molar-refractivity contribution in [3.63, 3.8) is 0 Å². The van der Waals surface area contributed by atoms with E-state index in [1.165, 1.54) is 0 Å². The molecule has 0 aliphatic carbocycles. The van der Waals surface area contributed by atoms with E-state index >= 15 is 0 Å². The fourth-order valence-electron chi connectivity index (χ4n) is 1.70. The third kappa shape index (κ3) is 3.67. The van der Waals surface area contributed by atoms with Crippen molar-refractivity contribution in [3.8, 4) is 0 Å². The molecule has 1 N–H and O–H groups in total. The van der Waals surface area contributed by atoms with Crippen LogP contribution in [0, 0.1) is 0 Å². The summed E-state index contributed by atoms with van der Waals surface area (Å²) < 4.78 is 7.14. The molecule has 0 spiro atoms. The van der Waals surface area contributed by atoms with Crippen LogP contribution in [0.3, 0.4) is 0 Å². The van der Waals surface area contributed by atoms with Crippen LogP contribution in [-0.2, 0) is 16.1 Å². The Bertz CT molecular complexity index is 378. The zero-order chi connectivity index (χ0) is 12.1. The Kier molecular flexibility index (Phi) is 4.32. The van der Waals surface area contributed by atoms with Crippen molar-refractivity contribution >= 4 is 17.7 Å². The average Bonchev–Trinajstić information content (AvgIpc) is 2.95. The highest BCUT2D eigenvalue weighted by Gasteiger charge is 2.16. The number of tetrazole rings is 1. The van der Waals surface area contributed by atoms with Gasteiger partial charge in [-0.25, -0.2) is 4.68 Å². The van der Waals surface area contributed by atoms with E-state index in [4.69, 9.17) is 9.84 Å². The number of aryl methyl sites for hydroxylation is 1. The number of hydrogen-bond acceptors (Lipinski definition) is 6. The summed E-state index contributed by atoms with van der Waals surface area (Å²) >= 11 is 1.13. The van der Waals surface area contributed by atoms with Gasteiger partial charge in [-0.3, -0.25) is 4.79 Å². The van der Waals surface area contributed by atoms with Crippen LogP contribution in [0.4, 0.5) is 0 Å². The van der Waals surface area contributed by atoms with Gasteiger partial charge < -0.3 is 9.84 Å². The Morgan fingerprint density at radius 2 is 2.53 bits per heavy atom. The van der Waals surface area contributed by atoms with E-state index in [0.29, 0.717) is 11.7 Å². The number of thioether (sulfide) groups is 1. The Hall–Kier alpha value is -1.15. The molecule has 0 radical (unpaired) electrons. The first kappa shape index (κ1) is 12.3. The number of carboxylic acid groups (broad SMARTS) is 1. The first-order chi connectivity index (χ1) is 8.25. The van der Waals surface area contributed by atoms with Crippen molar-refractivity contribution in [2.24, 2.45) is 0 Å². The molecule has 8 heteroatoms. The molecule has 0 saturated carbocycles. The maximum Gasteiger partial charge on any atom is 0.313 e. The van der Waals surface area contributed by atoms with Gasteiger partial charge in [-0.15, -0.1) is 5.10 Å². The molecular weight excluding hydrogens is 244 g/mol. The summed E-state index contributed by atoms with van der Waals surface area (Å²) in [6.07, 6.45) is 3.35. The van der Waals surface area contributed by atoms with Gasteiger partial charge in [0.05, 0.1) is 11.9 Å². The van der Waals surface area contributed by atoms with E-state index < -0.39 is 5.97 Å². The molecule has 7 nitrogen and oxygen atoms in total. The molecule has 1 aromatic heterocycles. The van der Waals surface area contributed by atoms with Crippen LogP contribution in [0.1, 0.15) is 19.3 Å². The Balaban J connectivity index is 1.82. The van der Waals surface area contributed by atoms with E-state index in [-0.39, 0.29) is 11.9 Å². The smallest absolute Gasteiger partial charge is 0.313 e. The van der Waals surface area contributed by atoms with Crippen molar-refractivity contribution in [3.05, 3.63) is 0 Å². The first-order valence-corrected chi connectivity index (χ1v) is 6.46. The minimum Gasteiger partial charge on any atom is -0.481 e. The molecular formula is C9H14N4O3S. The summed E-state index contributed by atoms with van der Waals surface area (Å²) in [6, 6.07) is 0. The van der Waals surface area contributed by atoms with E-state index in [0.717, 1.165) is 37.6 Å². The number of hydrogen-bond donors (Lipinski definition) is 1. The molecule has 0 aromatic carbocycles. The number of aromatic nitrogens is 4. The van der Waals surface area contributed by atoms with Crippen LogP contribution in [-0.4, -0.2) is 49.7 Å². The molecule has 2 rings (SSSR count). The molecule has 94 valence electrons. The standard InChI is InChI=1S/C9H14N4O3S/c14-8(15)6-17-9-10-11-12-13(9)4-3-7-2-1-5-16-7/h7H,1-6H2,(H,14,15). The Morgan fingerprint density at radius 1 is 1.65 bits per heavy atom. The van der Waals surface area contributed by atoms with Crippen LogP contribution in [0.5, 0.6) is 0 Å². The average molecular weight is 258 g/mol. The van der Waals surface area contributed by atoms with Crippen LogP contribution < -0.4 is 0 Å². The van der Waals surface area contributed by atoms with Crippen molar-refractivity contribution < 1.29 is 14.6 Å². The van der Waals surface area contributed by atoms with Crippen LogP contribution in [0.15, 0.2) is 5.16 Å². The van der Waals surface area contributed by atoms with Gasteiger partial charge in [0.2, 0.25) is 5.16 Å². The number of carbonyl (C=O) groups is 1. The highest BCUT2D eigenvalue weighted by Crippen LogP contribution is 2.18. The third-order valence-corrected chi connectivity index (χ3v) is 3.45. The lowest BCUT2D eigenvalue weighted by atomic mass is 10.2. The largest absolute Gasteiger partial charge is 0.481 e. The van der Waals surface area contributed by atoms with Crippen molar-refractivity contribution in [1.82, 2.24) is 20.2 Å². The predicted molar refractivity (Wildman–Crippen MR) is 59.8 cm³/mol. The number of ether oxygens (including phenoxy) is 1. The Labute approximate surface area is 103 Å². The van der Waals surface area contributed by atoms with Crippen LogP contribution >= 0.6 is 11.8 Å². The molecule has 0 bridgehead atoms.